The highest BCUT2D eigenvalue weighted by atomic mass is 32.1. The Morgan fingerprint density at radius 3 is 2.53 bits per heavy atom. The average Bonchev–Trinajstić information content (AvgIpc) is 3.05. The van der Waals surface area contributed by atoms with Crippen LogP contribution in [0.5, 0.6) is 0 Å². The zero-order chi connectivity index (χ0) is 21.9. The zero-order valence-corrected chi connectivity index (χ0v) is 19.8. The number of aromatic nitrogens is 2. The second-order valence-corrected chi connectivity index (χ2v) is 11.3. The lowest BCUT2D eigenvalue weighted by Gasteiger charge is -2.33. The number of carbonyl (C=O) groups is 1. The molecule has 0 unspecified atom stereocenters. The van der Waals surface area contributed by atoms with Crippen LogP contribution < -0.4 is 5.32 Å². The molecule has 2 aromatic rings. The summed E-state index contributed by atoms with van der Waals surface area (Å²) in [6.07, 6.45) is 4.52. The number of carbonyl (C=O) groups excluding carboxylic acids is 1. The molecule has 1 fully saturated rings. The van der Waals surface area contributed by atoms with E-state index < -0.39 is 5.60 Å². The van der Waals surface area contributed by atoms with Gasteiger partial charge in [-0.3, -0.25) is 0 Å². The van der Waals surface area contributed by atoms with Gasteiger partial charge in [0, 0.05) is 35.8 Å². The molecule has 0 atom stereocenters. The summed E-state index contributed by atoms with van der Waals surface area (Å²) < 4.78 is 5.49. The van der Waals surface area contributed by atoms with Crippen molar-refractivity contribution >= 4 is 28.4 Å². The predicted octanol–water partition coefficient (Wildman–Crippen LogP) is 5.98. The molecule has 0 saturated carbocycles. The van der Waals surface area contributed by atoms with E-state index in [1.165, 1.54) is 4.88 Å². The molecule has 1 amide bonds. The third kappa shape index (κ3) is 6.69. The summed E-state index contributed by atoms with van der Waals surface area (Å²) in [5, 5.41) is 4.23. The molecule has 1 saturated heterocycles. The van der Waals surface area contributed by atoms with Crippen molar-refractivity contribution in [2.24, 2.45) is 5.41 Å². The number of piperidine rings is 1. The van der Waals surface area contributed by atoms with Gasteiger partial charge < -0.3 is 15.0 Å². The minimum absolute atomic E-state index is 0.223. The summed E-state index contributed by atoms with van der Waals surface area (Å²) in [6.45, 7) is 13.8. The summed E-state index contributed by atoms with van der Waals surface area (Å²) in [5.74, 6) is 1.16. The Morgan fingerprint density at radius 2 is 1.90 bits per heavy atom. The largest absolute Gasteiger partial charge is 0.444 e. The lowest BCUT2D eigenvalue weighted by molar-refractivity contribution is 0.0204. The van der Waals surface area contributed by atoms with Crippen LogP contribution in [0.3, 0.4) is 0 Å². The fourth-order valence-corrected chi connectivity index (χ4v) is 4.63. The Hall–Kier alpha value is -2.15. The van der Waals surface area contributed by atoms with E-state index in [4.69, 9.17) is 9.72 Å². The minimum Gasteiger partial charge on any atom is -0.444 e. The molecule has 0 spiro atoms. The van der Waals surface area contributed by atoms with E-state index in [1.54, 1.807) is 16.2 Å². The lowest BCUT2D eigenvalue weighted by Crippen LogP contribution is -2.41. The number of amides is 1. The monoisotopic (exact) mass is 430 g/mol. The zero-order valence-electron chi connectivity index (χ0n) is 19.0. The number of hydrogen-bond acceptors (Lipinski definition) is 6. The Bertz CT molecular complexity index is 859. The highest BCUT2D eigenvalue weighted by Gasteiger charge is 2.28. The first-order valence-corrected chi connectivity index (χ1v) is 11.5. The van der Waals surface area contributed by atoms with Crippen LogP contribution in [0.25, 0.3) is 0 Å². The van der Waals surface area contributed by atoms with Gasteiger partial charge in [0.15, 0.2) is 5.13 Å². The smallest absolute Gasteiger partial charge is 0.410 e. The Kier molecular flexibility index (Phi) is 6.70. The molecule has 0 radical (unpaired) electrons. The van der Waals surface area contributed by atoms with Gasteiger partial charge in [0.1, 0.15) is 11.4 Å². The minimum atomic E-state index is -0.460. The second-order valence-electron chi connectivity index (χ2n) is 10.2. The molecule has 1 N–H and O–H groups in total. The van der Waals surface area contributed by atoms with Gasteiger partial charge in [0.25, 0.3) is 0 Å². The van der Waals surface area contributed by atoms with Gasteiger partial charge in [0.2, 0.25) is 0 Å². The fraction of sp³-hybridized carbons (Fsp3) is 0.609. The van der Waals surface area contributed by atoms with Crippen LogP contribution in [0.2, 0.25) is 0 Å². The van der Waals surface area contributed by atoms with E-state index in [0.29, 0.717) is 19.0 Å². The van der Waals surface area contributed by atoms with Gasteiger partial charge in [-0.1, -0.05) is 26.8 Å². The first-order chi connectivity index (χ1) is 14.0. The van der Waals surface area contributed by atoms with Crippen molar-refractivity contribution < 1.29 is 9.53 Å². The van der Waals surface area contributed by atoms with E-state index in [-0.39, 0.29) is 11.5 Å². The topological polar surface area (TPSA) is 67.4 Å². The van der Waals surface area contributed by atoms with Crippen LogP contribution in [0.4, 0.5) is 15.7 Å². The van der Waals surface area contributed by atoms with Gasteiger partial charge in [-0.05, 0) is 57.6 Å². The Morgan fingerprint density at radius 1 is 1.20 bits per heavy atom. The molecule has 3 heterocycles. The highest BCUT2D eigenvalue weighted by molar-refractivity contribution is 7.15. The van der Waals surface area contributed by atoms with Crippen LogP contribution >= 0.6 is 11.3 Å². The molecule has 0 bridgehead atoms. The molecule has 164 valence electrons. The molecule has 30 heavy (non-hydrogen) atoms. The number of ether oxygens (including phenoxy) is 1. The average molecular weight is 431 g/mol. The van der Waals surface area contributed by atoms with Crippen molar-refractivity contribution in [2.45, 2.75) is 72.3 Å². The summed E-state index contributed by atoms with van der Waals surface area (Å²) >= 11 is 1.68. The lowest BCUT2D eigenvalue weighted by atomic mass is 9.92. The number of thiazole rings is 1. The first-order valence-electron chi connectivity index (χ1n) is 10.7. The van der Waals surface area contributed by atoms with E-state index in [1.807, 2.05) is 39.1 Å². The van der Waals surface area contributed by atoms with Crippen molar-refractivity contribution in [2.75, 3.05) is 18.4 Å². The molecular weight excluding hydrogens is 396 g/mol. The summed E-state index contributed by atoms with van der Waals surface area (Å²) in [5.41, 5.74) is 0.851. The molecular formula is C23H34N4O2S. The number of pyridine rings is 1. The van der Waals surface area contributed by atoms with Crippen molar-refractivity contribution in [1.29, 1.82) is 0 Å². The maximum Gasteiger partial charge on any atom is 0.410 e. The van der Waals surface area contributed by atoms with E-state index >= 15 is 0 Å². The van der Waals surface area contributed by atoms with Crippen LogP contribution in [0.1, 0.15) is 70.9 Å². The summed E-state index contributed by atoms with van der Waals surface area (Å²) in [7, 11) is 0. The normalized spacial score (nSPS) is 15.9. The highest BCUT2D eigenvalue weighted by Crippen LogP contribution is 2.30. The number of nitrogens with one attached hydrogen (secondary N) is 1. The SMILES string of the molecule is CC(C)(C)Cc1cnc(Nc2cccc(C3CCN(C(=O)OC(C)(C)C)CC3)n2)s1. The van der Waals surface area contributed by atoms with Crippen molar-refractivity contribution in [3.05, 3.63) is 35.0 Å². The number of anilines is 2. The number of hydrogen-bond donors (Lipinski definition) is 1. The number of likely N-dealkylation sites (tertiary alicyclic amines) is 1. The second kappa shape index (κ2) is 8.92. The third-order valence-corrected chi connectivity index (χ3v) is 5.74. The molecule has 7 heteroatoms. The quantitative estimate of drug-likeness (QED) is 0.646. The van der Waals surface area contributed by atoms with E-state index in [9.17, 15) is 4.79 Å². The molecule has 1 aliphatic rings. The summed E-state index contributed by atoms with van der Waals surface area (Å²) in [4.78, 5) is 24.7. The van der Waals surface area contributed by atoms with Crippen LogP contribution in [-0.4, -0.2) is 39.7 Å². The van der Waals surface area contributed by atoms with Crippen molar-refractivity contribution in [3.8, 4) is 0 Å². The first kappa shape index (κ1) is 22.5. The molecule has 1 aliphatic heterocycles. The van der Waals surface area contributed by atoms with Gasteiger partial charge >= 0.3 is 6.09 Å². The van der Waals surface area contributed by atoms with Crippen LogP contribution in [0.15, 0.2) is 24.4 Å². The molecule has 0 aromatic carbocycles. The predicted molar refractivity (Wildman–Crippen MR) is 123 cm³/mol. The van der Waals surface area contributed by atoms with E-state index in [2.05, 4.69) is 37.1 Å². The Labute approximate surface area is 184 Å². The van der Waals surface area contributed by atoms with Gasteiger partial charge in [0.05, 0.1) is 0 Å². The third-order valence-electron chi connectivity index (χ3n) is 4.83. The standard InChI is InChI=1S/C23H34N4O2S/c1-22(2,3)14-17-15-24-20(30-17)26-19-9-7-8-18(25-19)16-10-12-27(13-11-16)21(28)29-23(4,5)6/h7-9,15-16H,10-14H2,1-6H3,(H,24,25,26). The van der Waals surface area contributed by atoms with Gasteiger partial charge in [-0.2, -0.15) is 0 Å². The Balaban J connectivity index is 1.58. The maximum absolute atomic E-state index is 12.3. The van der Waals surface area contributed by atoms with Crippen molar-refractivity contribution in [3.63, 3.8) is 0 Å². The van der Waals surface area contributed by atoms with Crippen LogP contribution in [-0.2, 0) is 11.2 Å². The van der Waals surface area contributed by atoms with E-state index in [0.717, 1.165) is 35.9 Å². The number of rotatable bonds is 4. The summed E-state index contributed by atoms with van der Waals surface area (Å²) in [6, 6.07) is 6.09. The van der Waals surface area contributed by atoms with Crippen molar-refractivity contribution in [1.82, 2.24) is 14.9 Å². The molecule has 6 nitrogen and oxygen atoms in total. The molecule has 2 aromatic heterocycles. The van der Waals surface area contributed by atoms with Gasteiger partial charge in [-0.25, -0.2) is 14.8 Å². The molecule has 0 aliphatic carbocycles. The fourth-order valence-electron chi connectivity index (χ4n) is 3.51. The van der Waals surface area contributed by atoms with Gasteiger partial charge in [-0.15, -0.1) is 11.3 Å². The van der Waals surface area contributed by atoms with Crippen LogP contribution in [0, 0.1) is 5.41 Å². The molecule has 3 rings (SSSR count). The maximum atomic E-state index is 12.3. The number of nitrogens with zero attached hydrogens (tertiary/aromatic N) is 3.